The van der Waals surface area contributed by atoms with E-state index >= 15 is 0 Å². The summed E-state index contributed by atoms with van der Waals surface area (Å²) < 4.78 is 6.91. The maximum Gasteiger partial charge on any atom is 0.336 e. The summed E-state index contributed by atoms with van der Waals surface area (Å²) in [6.07, 6.45) is 1.71. The van der Waals surface area contributed by atoms with Crippen LogP contribution in [-0.4, -0.2) is 79.8 Å². The molecule has 10 nitrogen and oxygen atoms in total. The summed E-state index contributed by atoms with van der Waals surface area (Å²) in [5.41, 5.74) is 3.89. The number of amides is 1. The first kappa shape index (κ1) is 21.4. The van der Waals surface area contributed by atoms with Gasteiger partial charge < -0.3 is 19.6 Å². The number of carbonyl (C=O) groups is 2. The van der Waals surface area contributed by atoms with Crippen LogP contribution in [0.25, 0.3) is 11.4 Å². The molecule has 1 aromatic heterocycles. The first-order valence-electron chi connectivity index (χ1n) is 11.9. The number of piperidine rings is 1. The number of carbonyl (C=O) groups excluding carboxylic acids is 2. The average Bonchev–Trinajstić information content (AvgIpc) is 3.58. The van der Waals surface area contributed by atoms with Gasteiger partial charge in [0.15, 0.2) is 5.82 Å². The Morgan fingerprint density at radius 3 is 2.71 bits per heavy atom. The topological polar surface area (TPSA) is 114 Å². The van der Waals surface area contributed by atoms with E-state index in [1.165, 1.54) is 0 Å². The summed E-state index contributed by atoms with van der Waals surface area (Å²) in [6, 6.07) is 6.03. The predicted molar refractivity (Wildman–Crippen MR) is 120 cm³/mol. The fourth-order valence-electron chi connectivity index (χ4n) is 5.91. The van der Waals surface area contributed by atoms with E-state index in [0.29, 0.717) is 18.7 Å². The molecular formula is C24H28N6O4. The molecule has 1 spiro atoms. The third kappa shape index (κ3) is 3.12. The number of fused-ring (bicyclic) bond motifs is 3. The van der Waals surface area contributed by atoms with E-state index in [2.05, 4.69) is 27.3 Å². The molecular weight excluding hydrogens is 436 g/mol. The fraction of sp³-hybridized carbons (Fsp3) is 0.542. The molecule has 4 aliphatic rings. The van der Waals surface area contributed by atoms with Crippen LogP contribution in [0.1, 0.15) is 56.4 Å². The Kier molecular flexibility index (Phi) is 4.86. The van der Waals surface area contributed by atoms with Gasteiger partial charge in [-0.25, -0.2) is 9.48 Å². The van der Waals surface area contributed by atoms with Crippen LogP contribution in [0.4, 0.5) is 0 Å². The van der Waals surface area contributed by atoms with E-state index in [0.717, 1.165) is 60.6 Å². The van der Waals surface area contributed by atoms with Crippen molar-refractivity contribution in [3.63, 3.8) is 0 Å². The van der Waals surface area contributed by atoms with E-state index in [-0.39, 0.29) is 29.9 Å². The van der Waals surface area contributed by atoms with Gasteiger partial charge in [-0.05, 0) is 67.8 Å². The Morgan fingerprint density at radius 1 is 1.21 bits per heavy atom. The minimum absolute atomic E-state index is 0.0395. The quantitative estimate of drug-likeness (QED) is 0.677. The third-order valence-electron chi connectivity index (χ3n) is 8.17. The van der Waals surface area contributed by atoms with Crippen LogP contribution in [0.5, 0.6) is 0 Å². The Labute approximate surface area is 197 Å². The van der Waals surface area contributed by atoms with Crippen molar-refractivity contribution < 1.29 is 19.4 Å². The van der Waals surface area contributed by atoms with E-state index in [9.17, 15) is 14.7 Å². The van der Waals surface area contributed by atoms with Gasteiger partial charge >= 0.3 is 5.97 Å². The average molecular weight is 465 g/mol. The lowest BCUT2D eigenvalue weighted by atomic mass is 9.77. The van der Waals surface area contributed by atoms with Crippen molar-refractivity contribution in [2.75, 3.05) is 32.8 Å². The van der Waals surface area contributed by atoms with Gasteiger partial charge in [-0.3, -0.25) is 4.79 Å². The Morgan fingerprint density at radius 2 is 1.97 bits per heavy atom. The number of nitrogens with zero attached hydrogens (tertiary/aromatic N) is 6. The number of cyclic esters (lactones) is 1. The standard InChI is InChI=1S/C24H28N6O4/c1-14-19(13-34-22(14)32)29-10-7-24(23(29)33)5-8-28(9-6-24)12-20(31)16-3-4-17-18(11-16)15(2)30-21(17)25-26-27-30/h3-4,11,15,20,31H,5-10,12-13H2,1-2H3/t15-,20+/m1/s1. The number of aliphatic hydroxyl groups is 1. The van der Waals surface area contributed by atoms with Gasteiger partial charge in [0.2, 0.25) is 5.91 Å². The van der Waals surface area contributed by atoms with Crippen LogP contribution in [0.2, 0.25) is 0 Å². The number of esters is 1. The SMILES string of the molecule is CC1=C(N2CCC3(CCN(C[C@H](O)c4ccc5c(c4)[C@@H](C)n4nnnc4-5)CC3)C2=O)COC1=O. The van der Waals surface area contributed by atoms with E-state index < -0.39 is 6.10 Å². The van der Waals surface area contributed by atoms with Crippen molar-refractivity contribution in [1.82, 2.24) is 30.0 Å². The second kappa shape index (κ2) is 7.71. The molecule has 1 N–H and O–H groups in total. The van der Waals surface area contributed by atoms with Crippen molar-refractivity contribution in [2.45, 2.75) is 45.3 Å². The summed E-state index contributed by atoms with van der Waals surface area (Å²) >= 11 is 0. The monoisotopic (exact) mass is 464 g/mol. The number of aromatic nitrogens is 4. The molecule has 1 aromatic carbocycles. The minimum Gasteiger partial charge on any atom is -0.456 e. The number of hydrogen-bond donors (Lipinski definition) is 1. The fourth-order valence-corrected chi connectivity index (χ4v) is 5.91. The van der Waals surface area contributed by atoms with E-state index in [1.807, 2.05) is 18.2 Å². The molecule has 34 heavy (non-hydrogen) atoms. The van der Waals surface area contributed by atoms with Gasteiger partial charge in [-0.2, -0.15) is 0 Å². The van der Waals surface area contributed by atoms with Crippen molar-refractivity contribution in [1.29, 1.82) is 0 Å². The van der Waals surface area contributed by atoms with E-state index in [1.54, 1.807) is 16.5 Å². The van der Waals surface area contributed by atoms with Crippen LogP contribution in [0, 0.1) is 5.41 Å². The van der Waals surface area contributed by atoms with Gasteiger partial charge in [0.1, 0.15) is 6.61 Å². The molecule has 10 heteroatoms. The lowest BCUT2D eigenvalue weighted by molar-refractivity contribution is -0.138. The number of rotatable bonds is 4. The van der Waals surface area contributed by atoms with Crippen LogP contribution >= 0.6 is 0 Å². The van der Waals surface area contributed by atoms with Crippen LogP contribution < -0.4 is 0 Å². The molecule has 2 atom stereocenters. The van der Waals surface area contributed by atoms with Crippen molar-refractivity contribution >= 4 is 11.9 Å². The number of likely N-dealkylation sites (tertiary alicyclic amines) is 2. The lowest BCUT2D eigenvalue weighted by Gasteiger charge is -2.38. The largest absolute Gasteiger partial charge is 0.456 e. The van der Waals surface area contributed by atoms with Crippen molar-refractivity contribution in [2.24, 2.45) is 5.41 Å². The number of aliphatic hydroxyl groups excluding tert-OH is 1. The molecule has 2 saturated heterocycles. The molecule has 0 bridgehead atoms. The maximum atomic E-state index is 13.3. The predicted octanol–water partition coefficient (Wildman–Crippen LogP) is 1.44. The van der Waals surface area contributed by atoms with Gasteiger partial charge in [-0.1, -0.05) is 18.2 Å². The van der Waals surface area contributed by atoms with Crippen molar-refractivity contribution in [3.05, 3.63) is 40.6 Å². The third-order valence-corrected chi connectivity index (χ3v) is 8.17. The Hall–Kier alpha value is -3.11. The highest BCUT2D eigenvalue weighted by Crippen LogP contribution is 2.44. The molecule has 1 amide bonds. The zero-order valence-electron chi connectivity index (χ0n) is 19.4. The smallest absolute Gasteiger partial charge is 0.336 e. The summed E-state index contributed by atoms with van der Waals surface area (Å²) in [4.78, 5) is 29.1. The molecule has 178 valence electrons. The summed E-state index contributed by atoms with van der Waals surface area (Å²) in [6.45, 7) is 6.66. The molecule has 0 saturated carbocycles. The normalized spacial score (nSPS) is 24.7. The van der Waals surface area contributed by atoms with Crippen LogP contribution in [0.3, 0.4) is 0 Å². The zero-order chi connectivity index (χ0) is 23.6. The van der Waals surface area contributed by atoms with Crippen LogP contribution in [0.15, 0.2) is 29.5 Å². The highest BCUT2D eigenvalue weighted by atomic mass is 16.5. The first-order valence-corrected chi connectivity index (χ1v) is 11.9. The highest BCUT2D eigenvalue weighted by molar-refractivity contribution is 5.94. The second-order valence-corrected chi connectivity index (χ2v) is 9.92. The van der Waals surface area contributed by atoms with Gasteiger partial charge in [0.05, 0.1) is 28.8 Å². The molecule has 4 aliphatic heterocycles. The Bertz CT molecular complexity index is 1210. The first-order chi connectivity index (χ1) is 16.4. The number of tetrazole rings is 1. The number of ether oxygens (including phenoxy) is 1. The molecule has 5 heterocycles. The molecule has 0 aliphatic carbocycles. The molecule has 2 aromatic rings. The number of β-amino-alcohol motifs (C(OH)–C–C–N with tert-alkyl or cyclic N) is 1. The number of benzene rings is 1. The maximum absolute atomic E-state index is 13.3. The van der Waals surface area contributed by atoms with Gasteiger partial charge in [0, 0.05) is 18.7 Å². The van der Waals surface area contributed by atoms with Gasteiger partial charge in [-0.15, -0.1) is 5.10 Å². The Balaban J connectivity index is 1.10. The van der Waals surface area contributed by atoms with Crippen LogP contribution in [-0.2, 0) is 14.3 Å². The lowest BCUT2D eigenvalue weighted by Crippen LogP contribution is -2.45. The molecule has 2 fully saturated rings. The molecule has 0 unspecified atom stereocenters. The minimum atomic E-state index is -0.615. The summed E-state index contributed by atoms with van der Waals surface area (Å²) in [5, 5.41) is 22.9. The molecule has 0 radical (unpaired) electrons. The molecule has 6 rings (SSSR count). The second-order valence-electron chi connectivity index (χ2n) is 9.92. The van der Waals surface area contributed by atoms with E-state index in [4.69, 9.17) is 4.74 Å². The highest BCUT2D eigenvalue weighted by Gasteiger charge is 2.50. The zero-order valence-corrected chi connectivity index (χ0v) is 19.4. The summed E-state index contributed by atoms with van der Waals surface area (Å²) in [7, 11) is 0. The number of hydrogen-bond acceptors (Lipinski definition) is 8. The van der Waals surface area contributed by atoms with Crippen molar-refractivity contribution in [3.8, 4) is 11.4 Å². The van der Waals surface area contributed by atoms with Gasteiger partial charge in [0.25, 0.3) is 0 Å². The summed E-state index contributed by atoms with van der Waals surface area (Å²) in [5.74, 6) is 0.555.